The Morgan fingerprint density at radius 2 is 1.66 bits per heavy atom. The molecule has 1 atom stereocenters. The second-order valence-electron chi connectivity index (χ2n) is 7.76. The molecule has 1 unspecified atom stereocenters. The van der Waals surface area contributed by atoms with Crippen LogP contribution in [0.4, 0.5) is 17.3 Å². The van der Waals surface area contributed by atoms with E-state index in [0.717, 1.165) is 69.4 Å². The summed E-state index contributed by atoms with van der Waals surface area (Å²) < 4.78 is 0. The van der Waals surface area contributed by atoms with Gasteiger partial charge < -0.3 is 25.5 Å². The third-order valence-electron chi connectivity index (χ3n) is 5.86. The molecule has 4 rings (SSSR count). The molecule has 0 radical (unpaired) electrons. The number of piperidine rings is 1. The van der Waals surface area contributed by atoms with E-state index in [9.17, 15) is 9.90 Å². The van der Waals surface area contributed by atoms with Crippen molar-refractivity contribution in [3.63, 3.8) is 0 Å². The molecule has 8 heteroatoms. The minimum absolute atomic E-state index is 0.233. The van der Waals surface area contributed by atoms with Gasteiger partial charge in [0.2, 0.25) is 5.91 Å². The van der Waals surface area contributed by atoms with Crippen LogP contribution >= 0.6 is 0 Å². The number of hydrogen-bond donors (Lipinski definition) is 2. The molecule has 3 heterocycles. The van der Waals surface area contributed by atoms with Gasteiger partial charge in [-0.1, -0.05) is 0 Å². The number of nitrogens with zero attached hydrogens (tertiary/aromatic N) is 5. The number of rotatable bonds is 5. The molecule has 3 N–H and O–H groups in total. The zero-order chi connectivity index (χ0) is 20.2. The van der Waals surface area contributed by atoms with E-state index in [0.29, 0.717) is 11.5 Å². The van der Waals surface area contributed by atoms with Gasteiger partial charge in [-0.2, -0.15) is 0 Å². The summed E-state index contributed by atoms with van der Waals surface area (Å²) in [6.07, 6.45) is 3.80. The van der Waals surface area contributed by atoms with Crippen LogP contribution in [0.3, 0.4) is 0 Å². The van der Waals surface area contributed by atoms with E-state index in [1.807, 2.05) is 12.1 Å². The molecule has 1 amide bonds. The molecule has 8 nitrogen and oxygen atoms in total. The van der Waals surface area contributed by atoms with Crippen molar-refractivity contribution in [2.24, 2.45) is 11.7 Å². The average Bonchev–Trinajstić information content (AvgIpc) is 2.79. The highest BCUT2D eigenvalue weighted by Gasteiger charge is 2.23. The Bertz CT molecular complexity index is 835. The van der Waals surface area contributed by atoms with Crippen LogP contribution in [0, 0.1) is 5.92 Å². The third kappa shape index (κ3) is 4.42. The van der Waals surface area contributed by atoms with Crippen LogP contribution in [0.5, 0.6) is 0 Å². The molecule has 2 saturated heterocycles. The van der Waals surface area contributed by atoms with Gasteiger partial charge in [0.25, 0.3) is 0 Å². The Morgan fingerprint density at radius 3 is 2.31 bits per heavy atom. The summed E-state index contributed by atoms with van der Waals surface area (Å²) in [6, 6.07) is 9.52. The predicted octanol–water partition coefficient (Wildman–Crippen LogP) is 1.11. The Morgan fingerprint density at radius 1 is 1.00 bits per heavy atom. The van der Waals surface area contributed by atoms with Crippen molar-refractivity contribution < 1.29 is 9.90 Å². The Labute approximate surface area is 171 Å². The number of carbonyl (C=O) groups is 1. The number of amides is 1. The van der Waals surface area contributed by atoms with Crippen molar-refractivity contribution in [3.05, 3.63) is 42.2 Å². The molecule has 29 heavy (non-hydrogen) atoms. The molecule has 2 aliphatic rings. The van der Waals surface area contributed by atoms with Crippen LogP contribution in [0.25, 0.3) is 0 Å². The summed E-state index contributed by atoms with van der Waals surface area (Å²) in [5.41, 5.74) is 6.95. The number of carbonyl (C=O) groups excluding carboxylic acids is 1. The smallest absolute Gasteiger partial charge is 0.248 e. The fourth-order valence-electron chi connectivity index (χ4n) is 4.14. The molecule has 0 saturated carbocycles. The summed E-state index contributed by atoms with van der Waals surface area (Å²) in [6.45, 7) is 5.55. The van der Waals surface area contributed by atoms with Crippen LogP contribution in [0.1, 0.15) is 23.2 Å². The molecular formula is C21H28N6O2. The summed E-state index contributed by atoms with van der Waals surface area (Å²) in [4.78, 5) is 27.1. The summed E-state index contributed by atoms with van der Waals surface area (Å²) in [5.74, 6) is 1.81. The second kappa shape index (κ2) is 8.65. The Kier molecular flexibility index (Phi) is 5.80. The lowest BCUT2D eigenvalue weighted by atomic mass is 9.99. The predicted molar refractivity (Wildman–Crippen MR) is 113 cm³/mol. The standard InChI is InChI=1S/C21H28N6O2/c22-21(29)17-3-5-18(6-4-17)25-8-10-26(11-9-25)19-12-20(24-15-23-19)27-7-1-2-16(13-27)14-28/h3-6,12,15-16,28H,1-2,7-11,13-14H2,(H2,22,29). The highest BCUT2D eigenvalue weighted by Crippen LogP contribution is 2.25. The first-order chi connectivity index (χ1) is 14.1. The van der Waals surface area contributed by atoms with E-state index in [1.165, 1.54) is 0 Å². The number of anilines is 3. The van der Waals surface area contributed by atoms with Gasteiger partial charge in [-0.05, 0) is 43.0 Å². The fraction of sp³-hybridized carbons (Fsp3) is 0.476. The summed E-state index contributed by atoms with van der Waals surface area (Å²) in [5, 5.41) is 9.48. The van der Waals surface area contributed by atoms with Crippen LogP contribution in [-0.4, -0.2) is 66.9 Å². The van der Waals surface area contributed by atoms with Gasteiger partial charge in [-0.3, -0.25) is 4.79 Å². The minimum atomic E-state index is -0.403. The largest absolute Gasteiger partial charge is 0.396 e. The lowest BCUT2D eigenvalue weighted by Crippen LogP contribution is -2.47. The normalized spacial score (nSPS) is 20.0. The number of nitrogens with two attached hydrogens (primary N) is 1. The van der Waals surface area contributed by atoms with Crippen LogP contribution in [-0.2, 0) is 0 Å². The van der Waals surface area contributed by atoms with Gasteiger partial charge in [-0.15, -0.1) is 0 Å². The fourth-order valence-corrected chi connectivity index (χ4v) is 4.14. The molecule has 0 aliphatic carbocycles. The summed E-state index contributed by atoms with van der Waals surface area (Å²) >= 11 is 0. The SMILES string of the molecule is NC(=O)c1ccc(N2CCN(c3cc(N4CCCC(CO)C4)ncn3)CC2)cc1. The lowest BCUT2D eigenvalue weighted by molar-refractivity contribution is 0.100. The number of benzene rings is 1. The monoisotopic (exact) mass is 396 g/mol. The first-order valence-corrected chi connectivity index (χ1v) is 10.2. The van der Waals surface area contributed by atoms with Crippen molar-refractivity contribution >= 4 is 23.2 Å². The zero-order valence-corrected chi connectivity index (χ0v) is 16.6. The third-order valence-corrected chi connectivity index (χ3v) is 5.86. The van der Waals surface area contributed by atoms with Crippen LogP contribution in [0.15, 0.2) is 36.7 Å². The van der Waals surface area contributed by atoms with E-state index < -0.39 is 5.91 Å². The maximum absolute atomic E-state index is 11.2. The average molecular weight is 396 g/mol. The molecule has 1 aromatic carbocycles. The minimum Gasteiger partial charge on any atom is -0.396 e. The van der Waals surface area contributed by atoms with E-state index in [2.05, 4.69) is 30.7 Å². The number of aromatic nitrogens is 2. The van der Waals surface area contributed by atoms with Crippen molar-refractivity contribution in [1.82, 2.24) is 9.97 Å². The number of primary amides is 1. The van der Waals surface area contributed by atoms with Crippen molar-refractivity contribution in [2.45, 2.75) is 12.8 Å². The van der Waals surface area contributed by atoms with Crippen LogP contribution in [0.2, 0.25) is 0 Å². The molecule has 0 bridgehead atoms. The molecule has 0 spiro atoms. The first kappa shape index (κ1) is 19.4. The highest BCUT2D eigenvalue weighted by molar-refractivity contribution is 5.93. The van der Waals surface area contributed by atoms with E-state index in [4.69, 9.17) is 5.73 Å². The maximum atomic E-state index is 11.2. The van der Waals surface area contributed by atoms with E-state index in [1.54, 1.807) is 18.5 Å². The van der Waals surface area contributed by atoms with Gasteiger partial charge in [0.1, 0.15) is 18.0 Å². The maximum Gasteiger partial charge on any atom is 0.248 e. The topological polar surface area (TPSA) is 98.8 Å². The number of hydrogen-bond acceptors (Lipinski definition) is 7. The van der Waals surface area contributed by atoms with Crippen molar-refractivity contribution in [2.75, 3.05) is 60.6 Å². The van der Waals surface area contributed by atoms with Gasteiger partial charge in [0.05, 0.1) is 0 Å². The second-order valence-corrected chi connectivity index (χ2v) is 7.76. The molecule has 2 aliphatic heterocycles. The zero-order valence-electron chi connectivity index (χ0n) is 16.6. The molecular weight excluding hydrogens is 368 g/mol. The molecule has 154 valence electrons. The van der Waals surface area contributed by atoms with Gasteiger partial charge in [0.15, 0.2) is 0 Å². The number of piperazine rings is 1. The number of aliphatic hydroxyl groups is 1. The Balaban J connectivity index is 1.39. The quantitative estimate of drug-likeness (QED) is 0.781. The first-order valence-electron chi connectivity index (χ1n) is 10.2. The van der Waals surface area contributed by atoms with Gasteiger partial charge in [0, 0.05) is 63.2 Å². The van der Waals surface area contributed by atoms with Crippen molar-refractivity contribution in [3.8, 4) is 0 Å². The van der Waals surface area contributed by atoms with Crippen LogP contribution < -0.4 is 20.4 Å². The summed E-state index contributed by atoms with van der Waals surface area (Å²) in [7, 11) is 0. The highest BCUT2D eigenvalue weighted by atomic mass is 16.3. The lowest BCUT2D eigenvalue weighted by Gasteiger charge is -2.37. The molecule has 1 aromatic heterocycles. The van der Waals surface area contributed by atoms with Gasteiger partial charge in [-0.25, -0.2) is 9.97 Å². The van der Waals surface area contributed by atoms with Crippen molar-refractivity contribution in [1.29, 1.82) is 0 Å². The number of aliphatic hydroxyl groups excluding tert-OH is 1. The molecule has 2 aromatic rings. The Hall–Kier alpha value is -2.87. The van der Waals surface area contributed by atoms with E-state index >= 15 is 0 Å². The van der Waals surface area contributed by atoms with Gasteiger partial charge >= 0.3 is 0 Å². The molecule has 2 fully saturated rings. The van der Waals surface area contributed by atoms with E-state index in [-0.39, 0.29) is 6.61 Å².